The van der Waals surface area contributed by atoms with Crippen LogP contribution in [0, 0.1) is 25.7 Å². The molecule has 0 radical (unpaired) electrons. The minimum Gasteiger partial charge on any atom is -0.496 e. The van der Waals surface area contributed by atoms with Crippen molar-refractivity contribution < 1.29 is 27.8 Å². The molecule has 1 aliphatic rings. The van der Waals surface area contributed by atoms with Crippen molar-refractivity contribution in [2.45, 2.75) is 63.5 Å². The number of sulfonamides is 1. The van der Waals surface area contributed by atoms with Crippen LogP contribution in [0.15, 0.2) is 84.0 Å². The predicted octanol–water partition coefficient (Wildman–Crippen LogP) is 5.71. The number of benzene rings is 3. The molecule has 0 unspecified atom stereocenters. The van der Waals surface area contributed by atoms with Gasteiger partial charge in [0.1, 0.15) is 11.5 Å². The lowest BCUT2D eigenvalue weighted by molar-refractivity contribution is -0.119. The van der Waals surface area contributed by atoms with E-state index in [2.05, 4.69) is 33.6 Å². The van der Waals surface area contributed by atoms with Crippen LogP contribution in [-0.4, -0.2) is 38.2 Å². The summed E-state index contributed by atoms with van der Waals surface area (Å²) in [6.07, 6.45) is 6.37. The average molecular weight is 631 g/mol. The van der Waals surface area contributed by atoms with Gasteiger partial charge in [0, 0.05) is 36.8 Å². The van der Waals surface area contributed by atoms with Gasteiger partial charge in [-0.05, 0) is 97.5 Å². The van der Waals surface area contributed by atoms with Crippen LogP contribution in [0.4, 0.5) is 0 Å². The second-order valence-corrected chi connectivity index (χ2v) is 13.7. The Morgan fingerprint density at radius 3 is 2.22 bits per heavy atom. The van der Waals surface area contributed by atoms with Crippen molar-refractivity contribution in [2.24, 2.45) is 11.8 Å². The Balaban J connectivity index is 1.29. The summed E-state index contributed by atoms with van der Waals surface area (Å²) in [5.74, 6) is 1.08. The van der Waals surface area contributed by atoms with Crippen molar-refractivity contribution in [1.82, 2.24) is 9.29 Å². The number of ether oxygens (including phenoxy) is 2. The van der Waals surface area contributed by atoms with Crippen LogP contribution in [0.25, 0.3) is 0 Å². The second kappa shape index (κ2) is 13.9. The van der Waals surface area contributed by atoms with E-state index in [1.807, 2.05) is 37.5 Å². The smallest absolute Gasteiger partial charge is 0.264 e. The van der Waals surface area contributed by atoms with Crippen molar-refractivity contribution in [3.63, 3.8) is 0 Å². The quantitative estimate of drug-likeness (QED) is 0.196. The molecule has 0 saturated heterocycles. The van der Waals surface area contributed by atoms with E-state index in [4.69, 9.17) is 9.47 Å². The summed E-state index contributed by atoms with van der Waals surface area (Å²) in [5.41, 5.74) is 5.87. The summed E-state index contributed by atoms with van der Waals surface area (Å²) < 4.78 is 40.9. The lowest BCUT2D eigenvalue weighted by Crippen LogP contribution is -2.31. The third kappa shape index (κ3) is 7.60. The molecular formula is C36H42N2O6S. The summed E-state index contributed by atoms with van der Waals surface area (Å²) in [7, 11) is -0.704. The van der Waals surface area contributed by atoms with Crippen molar-refractivity contribution in [3.05, 3.63) is 113 Å². The van der Waals surface area contributed by atoms with Gasteiger partial charge in [-0.25, -0.2) is 13.1 Å². The number of hydrogen-bond acceptors (Lipinski definition) is 6. The average Bonchev–Trinajstić information content (AvgIpc) is 3.65. The number of amides is 1. The van der Waals surface area contributed by atoms with Gasteiger partial charge in [0.25, 0.3) is 10.0 Å². The Kier molecular flexibility index (Phi) is 9.99. The monoisotopic (exact) mass is 630 g/mol. The fourth-order valence-electron chi connectivity index (χ4n) is 6.49. The molecule has 1 heterocycles. The summed E-state index contributed by atoms with van der Waals surface area (Å²) in [6, 6.07) is 20.8. The maximum absolute atomic E-state index is 12.7. The van der Waals surface area contributed by atoms with Crippen LogP contribution < -0.4 is 14.2 Å². The van der Waals surface area contributed by atoms with E-state index in [0.717, 1.165) is 36.0 Å². The molecule has 2 atom stereocenters. The zero-order valence-electron chi connectivity index (χ0n) is 26.3. The third-order valence-electron chi connectivity index (χ3n) is 8.86. The first kappa shape index (κ1) is 32.3. The van der Waals surface area contributed by atoms with E-state index in [9.17, 15) is 18.3 Å². The topological polar surface area (TPSA) is 107 Å². The number of nitrogens with zero attached hydrogens (tertiary/aromatic N) is 1. The molecule has 9 heteroatoms. The molecule has 8 nitrogen and oxygen atoms in total. The number of aliphatic hydroxyl groups is 1. The Bertz CT molecular complexity index is 1710. The predicted molar refractivity (Wildman–Crippen MR) is 174 cm³/mol. The van der Waals surface area contributed by atoms with Gasteiger partial charge in [-0.15, -0.1) is 0 Å². The maximum atomic E-state index is 12.7. The van der Waals surface area contributed by atoms with E-state index in [1.165, 1.54) is 17.2 Å². The van der Waals surface area contributed by atoms with Crippen molar-refractivity contribution in [2.75, 3.05) is 14.2 Å². The van der Waals surface area contributed by atoms with Gasteiger partial charge in [0.2, 0.25) is 5.91 Å². The minimum absolute atomic E-state index is 0.0322. The van der Waals surface area contributed by atoms with Gasteiger partial charge in [-0.1, -0.05) is 42.5 Å². The molecule has 0 bridgehead atoms. The standard InChI is InChI=1S/C36H42N2O6S/c1-24-9-5-8-12-34(24)45(41,42)37-35(39)14-13-26-15-16-38(22-26)23-31(19-27-17-28-10-6-7-11-29(28)18-27)36(40)30-20-32(43-3)25(2)33(21-30)44-4/h5-12,15-16,20-22,27,31,36,40H,13-14,17-19,23H2,1-4H3,(H,37,39)/t31-,36-/m1/s1. The van der Waals surface area contributed by atoms with Crippen LogP contribution in [0.1, 0.15) is 52.3 Å². The molecule has 2 N–H and O–H groups in total. The van der Waals surface area contributed by atoms with Gasteiger partial charge in [-0.2, -0.15) is 0 Å². The number of aryl methyl sites for hydroxylation is 2. The number of aromatic nitrogens is 1. The lowest BCUT2D eigenvalue weighted by atomic mass is 9.85. The molecule has 0 spiro atoms. The molecule has 1 amide bonds. The van der Waals surface area contributed by atoms with Crippen molar-refractivity contribution in [1.29, 1.82) is 0 Å². The summed E-state index contributed by atoms with van der Waals surface area (Å²) in [5, 5.41) is 11.8. The lowest BCUT2D eigenvalue weighted by Gasteiger charge is -2.27. The molecule has 5 rings (SSSR count). The summed E-state index contributed by atoms with van der Waals surface area (Å²) in [6.45, 7) is 4.20. The molecule has 1 aromatic heterocycles. The van der Waals surface area contributed by atoms with Gasteiger partial charge in [0.05, 0.1) is 25.2 Å². The highest BCUT2D eigenvalue weighted by Gasteiger charge is 2.30. The fraction of sp³-hybridized carbons (Fsp3) is 0.361. The Morgan fingerprint density at radius 2 is 1.60 bits per heavy atom. The molecule has 0 fully saturated rings. The van der Waals surface area contributed by atoms with Gasteiger partial charge < -0.3 is 19.1 Å². The van der Waals surface area contributed by atoms with Crippen LogP contribution in [0.3, 0.4) is 0 Å². The minimum atomic E-state index is -3.94. The van der Waals surface area contributed by atoms with Gasteiger partial charge >= 0.3 is 0 Å². The van der Waals surface area contributed by atoms with Crippen LogP contribution in [-0.2, 0) is 40.6 Å². The van der Waals surface area contributed by atoms with Gasteiger partial charge in [0.15, 0.2) is 0 Å². The SMILES string of the molecule is COc1cc([C@@H](O)[C@H](CC2Cc3ccccc3C2)Cn2ccc(CCC(=O)NS(=O)(=O)c3ccccc3C)c2)cc(OC)c1C. The zero-order valence-corrected chi connectivity index (χ0v) is 27.1. The molecule has 1 aliphatic carbocycles. The van der Waals surface area contributed by atoms with E-state index in [-0.39, 0.29) is 17.2 Å². The largest absolute Gasteiger partial charge is 0.496 e. The molecule has 4 aromatic rings. The van der Waals surface area contributed by atoms with Crippen molar-refractivity contribution in [3.8, 4) is 11.5 Å². The summed E-state index contributed by atoms with van der Waals surface area (Å²) >= 11 is 0. The Morgan fingerprint density at radius 1 is 0.978 bits per heavy atom. The molecule has 3 aromatic carbocycles. The Labute approximate surface area is 266 Å². The van der Waals surface area contributed by atoms with E-state index in [0.29, 0.717) is 35.9 Å². The summed E-state index contributed by atoms with van der Waals surface area (Å²) in [4.78, 5) is 12.7. The van der Waals surface area contributed by atoms with E-state index >= 15 is 0 Å². The number of aliphatic hydroxyl groups excluding tert-OH is 1. The number of fused-ring (bicyclic) bond motifs is 1. The number of nitrogens with one attached hydrogen (secondary N) is 1. The third-order valence-corrected chi connectivity index (χ3v) is 10.4. The fourth-order valence-corrected chi connectivity index (χ4v) is 7.75. The van der Waals surface area contributed by atoms with Crippen LogP contribution in [0.5, 0.6) is 11.5 Å². The first-order valence-corrected chi connectivity index (χ1v) is 16.8. The zero-order chi connectivity index (χ0) is 32.1. The highest BCUT2D eigenvalue weighted by molar-refractivity contribution is 7.90. The van der Waals surface area contributed by atoms with E-state index < -0.39 is 22.0 Å². The number of carbonyl (C=O) groups is 1. The molecular weight excluding hydrogens is 588 g/mol. The van der Waals surface area contributed by atoms with E-state index in [1.54, 1.807) is 39.3 Å². The number of carbonyl (C=O) groups excluding carboxylic acids is 1. The first-order chi connectivity index (χ1) is 21.6. The Hall–Kier alpha value is -4.08. The number of rotatable bonds is 13. The highest BCUT2D eigenvalue weighted by atomic mass is 32.2. The highest BCUT2D eigenvalue weighted by Crippen LogP contribution is 2.39. The molecule has 238 valence electrons. The van der Waals surface area contributed by atoms with Crippen LogP contribution >= 0.6 is 0 Å². The number of hydrogen-bond donors (Lipinski definition) is 2. The molecule has 0 aliphatic heterocycles. The normalized spacial score (nSPS) is 14.5. The second-order valence-electron chi connectivity index (χ2n) is 12.0. The van der Waals surface area contributed by atoms with Crippen LogP contribution in [0.2, 0.25) is 0 Å². The first-order valence-electron chi connectivity index (χ1n) is 15.3. The maximum Gasteiger partial charge on any atom is 0.264 e. The van der Waals surface area contributed by atoms with Gasteiger partial charge in [-0.3, -0.25) is 4.79 Å². The molecule has 45 heavy (non-hydrogen) atoms. The molecule has 0 saturated carbocycles. The van der Waals surface area contributed by atoms with Crippen molar-refractivity contribution >= 4 is 15.9 Å². The number of methoxy groups -OCH3 is 2.